The molecule has 0 atom stereocenters. The fourth-order valence-electron chi connectivity index (χ4n) is 1.95. The monoisotopic (exact) mass is 301 g/mol. The minimum atomic E-state index is -0.331. The van der Waals surface area contributed by atoms with E-state index in [4.69, 9.17) is 5.73 Å². The molecule has 0 spiro atoms. The minimum Gasteiger partial charge on any atom is -0.399 e. The Morgan fingerprint density at radius 2 is 2.10 bits per heavy atom. The Balaban J connectivity index is 1.87. The molecule has 0 saturated heterocycles. The number of rotatable bonds is 2. The van der Waals surface area contributed by atoms with Crippen molar-refractivity contribution in [2.24, 2.45) is 0 Å². The summed E-state index contributed by atoms with van der Waals surface area (Å²) in [5.41, 5.74) is 7.97. The van der Waals surface area contributed by atoms with Crippen molar-refractivity contribution >= 4 is 38.3 Å². The Morgan fingerprint density at radius 3 is 2.86 bits per heavy atom. The van der Waals surface area contributed by atoms with E-state index in [0.717, 1.165) is 10.2 Å². The van der Waals surface area contributed by atoms with Crippen LogP contribution in [0.2, 0.25) is 0 Å². The third-order valence-electron chi connectivity index (χ3n) is 3.05. The summed E-state index contributed by atoms with van der Waals surface area (Å²) in [6.07, 6.45) is 0. The first-order valence-corrected chi connectivity index (χ1v) is 7.08. The van der Waals surface area contributed by atoms with Crippen LogP contribution in [0.1, 0.15) is 15.9 Å². The van der Waals surface area contributed by atoms with E-state index in [1.807, 2.05) is 6.07 Å². The van der Waals surface area contributed by atoms with E-state index in [2.05, 4.69) is 10.3 Å². The smallest absolute Gasteiger partial charge is 0.257 e. The van der Waals surface area contributed by atoms with Gasteiger partial charge in [0.1, 0.15) is 5.82 Å². The van der Waals surface area contributed by atoms with E-state index in [9.17, 15) is 9.18 Å². The number of carbonyl (C=O) groups excluding carboxylic acids is 1. The molecule has 0 bridgehead atoms. The molecule has 1 amide bonds. The second-order valence-corrected chi connectivity index (χ2v) is 5.69. The van der Waals surface area contributed by atoms with Gasteiger partial charge in [0.2, 0.25) is 0 Å². The minimum absolute atomic E-state index is 0.315. The van der Waals surface area contributed by atoms with Gasteiger partial charge in [-0.05, 0) is 48.9 Å². The molecule has 0 fully saturated rings. The van der Waals surface area contributed by atoms with Gasteiger partial charge in [0.25, 0.3) is 5.91 Å². The van der Waals surface area contributed by atoms with Crippen LogP contribution >= 0.6 is 11.3 Å². The van der Waals surface area contributed by atoms with Crippen LogP contribution < -0.4 is 11.1 Å². The van der Waals surface area contributed by atoms with Gasteiger partial charge >= 0.3 is 0 Å². The molecule has 3 rings (SSSR count). The van der Waals surface area contributed by atoms with Gasteiger partial charge < -0.3 is 5.73 Å². The SMILES string of the molecule is Cc1cc(C(=O)Nc2nc3ccc(N)cc3s2)ccc1F. The normalized spacial score (nSPS) is 10.8. The molecule has 2 aromatic carbocycles. The Labute approximate surface area is 124 Å². The molecule has 0 aliphatic rings. The number of nitrogens with one attached hydrogen (secondary N) is 1. The van der Waals surface area contributed by atoms with Crippen molar-refractivity contribution in [2.75, 3.05) is 11.1 Å². The van der Waals surface area contributed by atoms with Crippen LogP contribution in [0.3, 0.4) is 0 Å². The first-order valence-electron chi connectivity index (χ1n) is 6.26. The van der Waals surface area contributed by atoms with Crippen molar-refractivity contribution in [3.63, 3.8) is 0 Å². The number of thiazole rings is 1. The standard InChI is InChI=1S/C15H12FN3OS/c1-8-6-9(2-4-11(8)16)14(20)19-15-18-12-5-3-10(17)7-13(12)21-15/h2-7H,17H2,1H3,(H,18,19,20). The lowest BCUT2D eigenvalue weighted by Crippen LogP contribution is -2.12. The summed E-state index contributed by atoms with van der Waals surface area (Å²) in [7, 11) is 0. The molecule has 1 aromatic heterocycles. The van der Waals surface area contributed by atoms with E-state index in [0.29, 0.717) is 21.9 Å². The summed E-state index contributed by atoms with van der Waals surface area (Å²) in [4.78, 5) is 16.4. The van der Waals surface area contributed by atoms with Crippen molar-refractivity contribution in [1.29, 1.82) is 0 Å². The number of hydrogen-bond acceptors (Lipinski definition) is 4. The Kier molecular flexibility index (Phi) is 3.31. The highest BCUT2D eigenvalue weighted by Crippen LogP contribution is 2.27. The molecule has 3 aromatic rings. The van der Waals surface area contributed by atoms with Gasteiger partial charge in [-0.15, -0.1) is 0 Å². The van der Waals surface area contributed by atoms with Crippen LogP contribution in [0.25, 0.3) is 10.2 Å². The van der Waals surface area contributed by atoms with Crippen LogP contribution in [0.4, 0.5) is 15.2 Å². The molecule has 106 valence electrons. The Bertz CT molecular complexity index is 844. The second-order valence-electron chi connectivity index (χ2n) is 4.66. The molecular formula is C15H12FN3OS. The molecule has 0 radical (unpaired) electrons. The van der Waals surface area contributed by atoms with E-state index in [1.165, 1.54) is 29.5 Å². The van der Waals surface area contributed by atoms with Crippen molar-refractivity contribution in [3.8, 4) is 0 Å². The quantitative estimate of drug-likeness (QED) is 0.711. The number of amides is 1. The summed E-state index contributed by atoms with van der Waals surface area (Å²) in [5.74, 6) is -0.646. The Hall–Kier alpha value is -2.47. The number of nitrogens with zero attached hydrogens (tertiary/aromatic N) is 1. The molecule has 0 aliphatic carbocycles. The van der Waals surface area contributed by atoms with Crippen LogP contribution in [0, 0.1) is 12.7 Å². The van der Waals surface area contributed by atoms with Gasteiger partial charge in [0, 0.05) is 11.3 Å². The van der Waals surface area contributed by atoms with Gasteiger partial charge in [-0.1, -0.05) is 11.3 Å². The third kappa shape index (κ3) is 2.71. The van der Waals surface area contributed by atoms with Crippen LogP contribution in [0.5, 0.6) is 0 Å². The van der Waals surface area contributed by atoms with Gasteiger partial charge in [-0.3, -0.25) is 10.1 Å². The van der Waals surface area contributed by atoms with Crippen LogP contribution in [0.15, 0.2) is 36.4 Å². The van der Waals surface area contributed by atoms with E-state index in [1.54, 1.807) is 19.1 Å². The number of halogens is 1. The van der Waals surface area contributed by atoms with Crippen molar-refractivity contribution in [2.45, 2.75) is 6.92 Å². The van der Waals surface area contributed by atoms with E-state index < -0.39 is 0 Å². The molecule has 4 nitrogen and oxygen atoms in total. The molecule has 6 heteroatoms. The van der Waals surface area contributed by atoms with E-state index in [-0.39, 0.29) is 11.7 Å². The molecule has 0 aliphatic heterocycles. The van der Waals surface area contributed by atoms with Gasteiger partial charge in [0.15, 0.2) is 5.13 Å². The highest BCUT2D eigenvalue weighted by atomic mass is 32.1. The molecule has 1 heterocycles. The number of fused-ring (bicyclic) bond motifs is 1. The summed E-state index contributed by atoms with van der Waals surface area (Å²) < 4.78 is 14.1. The molecule has 0 saturated carbocycles. The number of aryl methyl sites for hydroxylation is 1. The fraction of sp³-hybridized carbons (Fsp3) is 0.0667. The van der Waals surface area contributed by atoms with Gasteiger partial charge in [-0.25, -0.2) is 9.37 Å². The average molecular weight is 301 g/mol. The molecule has 21 heavy (non-hydrogen) atoms. The fourth-order valence-corrected chi connectivity index (χ4v) is 2.86. The molecule has 0 unspecified atom stereocenters. The number of benzene rings is 2. The van der Waals surface area contributed by atoms with Crippen molar-refractivity contribution in [1.82, 2.24) is 4.98 Å². The zero-order chi connectivity index (χ0) is 15.0. The highest BCUT2D eigenvalue weighted by molar-refractivity contribution is 7.22. The van der Waals surface area contributed by atoms with Gasteiger partial charge in [-0.2, -0.15) is 0 Å². The lowest BCUT2D eigenvalue weighted by atomic mass is 10.1. The topological polar surface area (TPSA) is 68.0 Å². The first-order chi connectivity index (χ1) is 10.0. The maximum Gasteiger partial charge on any atom is 0.257 e. The summed E-state index contributed by atoms with van der Waals surface area (Å²) in [6.45, 7) is 1.62. The predicted octanol–water partition coefficient (Wildman–Crippen LogP) is 3.58. The molecular weight excluding hydrogens is 289 g/mol. The highest BCUT2D eigenvalue weighted by Gasteiger charge is 2.11. The maximum absolute atomic E-state index is 13.2. The van der Waals surface area contributed by atoms with E-state index >= 15 is 0 Å². The number of hydrogen-bond donors (Lipinski definition) is 2. The third-order valence-corrected chi connectivity index (χ3v) is 3.99. The number of aromatic nitrogens is 1. The first kappa shape index (κ1) is 13.5. The zero-order valence-electron chi connectivity index (χ0n) is 11.2. The summed E-state index contributed by atoms with van der Waals surface area (Å²) in [5, 5.41) is 3.21. The number of nitrogen functional groups attached to an aromatic ring is 1. The maximum atomic E-state index is 13.2. The van der Waals surface area contributed by atoms with Crippen molar-refractivity contribution < 1.29 is 9.18 Å². The number of anilines is 2. The van der Waals surface area contributed by atoms with Gasteiger partial charge in [0.05, 0.1) is 10.2 Å². The van der Waals surface area contributed by atoms with Crippen molar-refractivity contribution in [3.05, 3.63) is 53.3 Å². The summed E-state index contributed by atoms with van der Waals surface area (Å²) >= 11 is 1.34. The zero-order valence-corrected chi connectivity index (χ0v) is 12.0. The number of nitrogens with two attached hydrogens (primary N) is 1. The predicted molar refractivity (Wildman–Crippen MR) is 83.1 cm³/mol. The lowest BCUT2D eigenvalue weighted by molar-refractivity contribution is 0.102. The van der Waals surface area contributed by atoms with Crippen LogP contribution in [-0.4, -0.2) is 10.9 Å². The summed E-state index contributed by atoms with van der Waals surface area (Å²) in [6, 6.07) is 9.61. The number of carbonyl (C=O) groups is 1. The molecule has 3 N–H and O–H groups in total. The largest absolute Gasteiger partial charge is 0.399 e. The average Bonchev–Trinajstić information content (AvgIpc) is 2.83. The lowest BCUT2D eigenvalue weighted by Gasteiger charge is -2.03. The second kappa shape index (κ2) is 5.14. The van der Waals surface area contributed by atoms with Crippen LogP contribution in [-0.2, 0) is 0 Å². The Morgan fingerprint density at radius 1 is 1.29 bits per heavy atom.